The molecule has 2 saturated heterocycles. The number of β-amino-alcohol motifs (C(OH)–C–C–N with tert-alkyl or cyclic N) is 1. The zero-order valence-electron chi connectivity index (χ0n) is 22.1. The third-order valence-electron chi connectivity index (χ3n) is 8.22. The lowest BCUT2D eigenvalue weighted by Gasteiger charge is -2.47. The molecule has 4 aromatic rings. The van der Waals surface area contributed by atoms with Crippen molar-refractivity contribution in [1.82, 2.24) is 14.7 Å². The van der Waals surface area contributed by atoms with Crippen LogP contribution in [0.5, 0.6) is 0 Å². The molecule has 196 valence electrons. The van der Waals surface area contributed by atoms with E-state index in [0.717, 1.165) is 55.4 Å². The fourth-order valence-electron chi connectivity index (χ4n) is 5.93. The van der Waals surface area contributed by atoms with Crippen LogP contribution in [0.3, 0.4) is 0 Å². The summed E-state index contributed by atoms with van der Waals surface area (Å²) in [4.78, 5) is 15.8. The summed E-state index contributed by atoms with van der Waals surface area (Å²) in [5.41, 5.74) is 6.48. The molecule has 2 aliphatic rings. The van der Waals surface area contributed by atoms with Gasteiger partial charge >= 0.3 is 0 Å². The maximum Gasteiger partial charge on any atom is 0.150 e. The third-order valence-corrected chi connectivity index (χ3v) is 8.22. The zero-order chi connectivity index (χ0) is 26.3. The van der Waals surface area contributed by atoms with Crippen LogP contribution in [0.2, 0.25) is 0 Å². The summed E-state index contributed by atoms with van der Waals surface area (Å²) in [6.07, 6.45) is 4.99. The van der Waals surface area contributed by atoms with Gasteiger partial charge in [0.25, 0.3) is 0 Å². The van der Waals surface area contributed by atoms with E-state index in [-0.39, 0.29) is 0 Å². The second-order valence-corrected chi connectivity index (χ2v) is 11.0. The molecule has 0 aliphatic carbocycles. The van der Waals surface area contributed by atoms with Crippen molar-refractivity contribution in [3.63, 3.8) is 0 Å². The molecule has 0 spiro atoms. The van der Waals surface area contributed by atoms with E-state index in [9.17, 15) is 9.90 Å². The number of carbonyl (C=O) groups is 1. The van der Waals surface area contributed by atoms with Crippen molar-refractivity contribution in [3.8, 4) is 0 Å². The van der Waals surface area contributed by atoms with Crippen LogP contribution in [0.25, 0.3) is 10.9 Å². The Morgan fingerprint density at radius 1 is 1.05 bits per heavy atom. The second kappa shape index (κ2) is 9.89. The van der Waals surface area contributed by atoms with Crippen LogP contribution >= 0.6 is 0 Å². The Balaban J connectivity index is 0.993. The molecule has 3 aromatic carbocycles. The van der Waals surface area contributed by atoms with Crippen LogP contribution < -0.4 is 10.2 Å². The standard InChI is InChI=1S/C31H35N5O2/c1-22-15-26(6-5-24(22)19-37)31(38)20-35(21-31)18-23-3-8-29(9-4-23)36-13-11-27(12-14-36)33-28-7-10-30-25(16-28)17-32-34(30)2/h3-10,15-17,19,27,33,38H,11-14,18,20-21H2,1-2H3. The molecule has 0 radical (unpaired) electrons. The zero-order valence-corrected chi connectivity index (χ0v) is 22.1. The number of aliphatic hydroxyl groups is 1. The molecule has 38 heavy (non-hydrogen) atoms. The number of nitrogens with one attached hydrogen (secondary N) is 1. The quantitative estimate of drug-likeness (QED) is 0.358. The first-order chi connectivity index (χ1) is 18.4. The maximum atomic E-state index is 11.1. The average Bonchev–Trinajstić information content (AvgIpc) is 3.28. The molecular formula is C31H35N5O2. The van der Waals surface area contributed by atoms with Crippen LogP contribution in [0.4, 0.5) is 11.4 Å². The number of aldehydes is 1. The molecule has 2 N–H and O–H groups in total. The maximum absolute atomic E-state index is 11.1. The van der Waals surface area contributed by atoms with E-state index >= 15 is 0 Å². The summed E-state index contributed by atoms with van der Waals surface area (Å²) in [6.45, 7) is 6.00. The highest BCUT2D eigenvalue weighted by Gasteiger charge is 2.42. The van der Waals surface area contributed by atoms with E-state index in [1.165, 1.54) is 22.3 Å². The van der Waals surface area contributed by atoms with Crippen molar-refractivity contribution in [1.29, 1.82) is 0 Å². The van der Waals surface area contributed by atoms with Gasteiger partial charge in [-0.2, -0.15) is 5.10 Å². The van der Waals surface area contributed by atoms with Crippen LogP contribution in [-0.4, -0.2) is 58.3 Å². The van der Waals surface area contributed by atoms with Crippen LogP contribution in [0.1, 0.15) is 39.9 Å². The summed E-state index contributed by atoms with van der Waals surface area (Å²) in [7, 11) is 1.97. The van der Waals surface area contributed by atoms with Gasteiger partial charge in [-0.15, -0.1) is 0 Å². The molecule has 2 aliphatic heterocycles. The molecule has 0 bridgehead atoms. The largest absolute Gasteiger partial charge is 0.382 e. The Morgan fingerprint density at radius 2 is 1.82 bits per heavy atom. The first-order valence-electron chi connectivity index (χ1n) is 13.4. The summed E-state index contributed by atoms with van der Waals surface area (Å²) in [5, 5.41) is 20.3. The van der Waals surface area contributed by atoms with Gasteiger partial charge < -0.3 is 15.3 Å². The number of aromatic nitrogens is 2. The minimum Gasteiger partial charge on any atom is -0.382 e. The van der Waals surface area contributed by atoms with Gasteiger partial charge in [0.2, 0.25) is 0 Å². The Morgan fingerprint density at radius 3 is 2.53 bits per heavy atom. The normalized spacial score (nSPS) is 17.9. The van der Waals surface area contributed by atoms with Gasteiger partial charge in [-0.3, -0.25) is 14.4 Å². The predicted molar refractivity (Wildman–Crippen MR) is 152 cm³/mol. The monoisotopic (exact) mass is 509 g/mol. The van der Waals surface area contributed by atoms with Gasteiger partial charge in [-0.1, -0.05) is 30.3 Å². The molecule has 0 atom stereocenters. The predicted octanol–water partition coefficient (Wildman–Crippen LogP) is 4.48. The van der Waals surface area contributed by atoms with E-state index in [1.807, 2.05) is 37.0 Å². The molecular weight excluding hydrogens is 474 g/mol. The fourth-order valence-corrected chi connectivity index (χ4v) is 5.93. The second-order valence-electron chi connectivity index (χ2n) is 11.0. The van der Waals surface area contributed by atoms with Gasteiger partial charge in [0.05, 0.1) is 11.7 Å². The van der Waals surface area contributed by atoms with Crippen LogP contribution in [0.15, 0.2) is 66.9 Å². The number of carbonyl (C=O) groups excluding carboxylic acids is 1. The molecule has 2 fully saturated rings. The van der Waals surface area contributed by atoms with Crippen LogP contribution in [0, 0.1) is 6.92 Å². The van der Waals surface area contributed by atoms with E-state index in [4.69, 9.17) is 0 Å². The molecule has 0 saturated carbocycles. The van der Waals surface area contributed by atoms with Gasteiger partial charge in [0.1, 0.15) is 11.9 Å². The Kier molecular flexibility index (Phi) is 6.41. The van der Waals surface area contributed by atoms with Crippen molar-refractivity contribution in [2.45, 2.75) is 38.0 Å². The van der Waals surface area contributed by atoms with E-state index in [0.29, 0.717) is 24.7 Å². The minimum absolute atomic E-state index is 0.475. The van der Waals surface area contributed by atoms with E-state index in [1.54, 1.807) is 6.07 Å². The first kappa shape index (κ1) is 24.6. The Hall–Kier alpha value is -3.68. The number of anilines is 2. The molecule has 7 heteroatoms. The number of fused-ring (bicyclic) bond motifs is 1. The number of hydrogen-bond donors (Lipinski definition) is 2. The van der Waals surface area contributed by atoms with Crippen molar-refractivity contribution >= 4 is 28.6 Å². The molecule has 0 unspecified atom stereocenters. The Labute approximate surface area is 223 Å². The van der Waals surface area contributed by atoms with Gasteiger partial charge in [-0.05, 0) is 66.8 Å². The summed E-state index contributed by atoms with van der Waals surface area (Å²) in [6, 6.07) is 21.4. The Bertz CT molecular complexity index is 1450. The van der Waals surface area contributed by atoms with Gasteiger partial charge in [-0.25, -0.2) is 0 Å². The number of piperidine rings is 1. The smallest absolute Gasteiger partial charge is 0.150 e. The minimum atomic E-state index is -0.839. The van der Waals surface area contributed by atoms with Crippen molar-refractivity contribution < 1.29 is 9.90 Å². The highest BCUT2D eigenvalue weighted by Crippen LogP contribution is 2.34. The number of nitrogens with zero attached hydrogens (tertiary/aromatic N) is 4. The summed E-state index contributed by atoms with van der Waals surface area (Å²) in [5.74, 6) is 0. The highest BCUT2D eigenvalue weighted by molar-refractivity contribution is 5.82. The topological polar surface area (TPSA) is 73.6 Å². The SMILES string of the molecule is Cc1cc(C2(O)CN(Cc3ccc(N4CCC(Nc5ccc6c(cnn6C)c5)CC4)cc3)C2)ccc1C=O. The number of hydrogen-bond acceptors (Lipinski definition) is 6. The van der Waals surface area contributed by atoms with E-state index < -0.39 is 5.60 Å². The number of likely N-dealkylation sites (tertiary alicyclic amines) is 1. The lowest BCUT2D eigenvalue weighted by atomic mass is 9.84. The van der Waals surface area contributed by atoms with Crippen molar-refractivity contribution in [2.24, 2.45) is 7.05 Å². The lowest BCUT2D eigenvalue weighted by molar-refractivity contribution is -0.108. The molecule has 3 heterocycles. The van der Waals surface area contributed by atoms with Gasteiger partial charge in [0.15, 0.2) is 0 Å². The van der Waals surface area contributed by atoms with Crippen molar-refractivity contribution in [2.75, 3.05) is 36.4 Å². The fraction of sp³-hybridized carbons (Fsp3) is 0.355. The lowest BCUT2D eigenvalue weighted by Crippen LogP contribution is -2.58. The van der Waals surface area contributed by atoms with E-state index in [2.05, 4.69) is 62.7 Å². The molecule has 1 aromatic heterocycles. The molecule has 0 amide bonds. The average molecular weight is 510 g/mol. The summed E-state index contributed by atoms with van der Waals surface area (Å²) >= 11 is 0. The summed E-state index contributed by atoms with van der Waals surface area (Å²) < 4.78 is 1.91. The van der Waals surface area contributed by atoms with Gasteiger partial charge in [0, 0.05) is 68.1 Å². The third kappa shape index (κ3) is 4.79. The van der Waals surface area contributed by atoms with Crippen LogP contribution in [-0.2, 0) is 19.2 Å². The highest BCUT2D eigenvalue weighted by atomic mass is 16.3. The first-order valence-corrected chi connectivity index (χ1v) is 13.4. The van der Waals surface area contributed by atoms with Crippen molar-refractivity contribution in [3.05, 3.63) is 89.1 Å². The number of rotatable bonds is 7. The number of benzene rings is 3. The molecule has 6 rings (SSSR count). The molecule has 7 nitrogen and oxygen atoms in total. The number of aryl methyl sites for hydroxylation is 2.